The highest BCUT2D eigenvalue weighted by Crippen LogP contribution is 2.24. The van der Waals surface area contributed by atoms with Gasteiger partial charge in [0.15, 0.2) is 0 Å². The fraction of sp³-hybridized carbons (Fsp3) is 0.850. The predicted octanol–water partition coefficient (Wildman–Crippen LogP) is 14.5. The first-order valence-corrected chi connectivity index (χ1v) is 17.9. The third kappa shape index (κ3) is 27.4. The van der Waals surface area contributed by atoms with Crippen LogP contribution in [0.3, 0.4) is 0 Å². The van der Waals surface area contributed by atoms with Crippen LogP contribution in [0, 0.1) is 29.6 Å². The Morgan fingerprint density at radius 1 is 0.400 bits per heavy atom. The average molecular weight is 557 g/mol. The summed E-state index contributed by atoms with van der Waals surface area (Å²) in [7, 11) is 0. The summed E-state index contributed by atoms with van der Waals surface area (Å²) < 4.78 is 0. The number of allylic oxidation sites excluding steroid dienone is 6. The van der Waals surface area contributed by atoms with Gasteiger partial charge >= 0.3 is 0 Å². The molecule has 0 aromatic rings. The molecular weight excluding hydrogens is 480 g/mol. The van der Waals surface area contributed by atoms with E-state index in [2.05, 4.69) is 87.5 Å². The topological polar surface area (TPSA) is 0 Å². The molecule has 0 aliphatic carbocycles. The normalized spacial score (nSPS) is 15.8. The minimum Gasteiger partial charge on any atom is -0.0856 e. The van der Waals surface area contributed by atoms with Crippen LogP contribution in [-0.2, 0) is 0 Å². The molecule has 0 nitrogen and oxygen atoms in total. The van der Waals surface area contributed by atoms with E-state index >= 15 is 0 Å². The van der Waals surface area contributed by atoms with E-state index in [0.717, 1.165) is 29.6 Å². The second-order valence-electron chi connectivity index (χ2n) is 14.9. The standard InChI is InChI=1S/C40H76/c1-33(2)19-13-23-37(7)27-17-31-39(9)29-15-25-35(5)21-11-12-22-36(6)26-16-30-40(10)32-18-28-38(8)24-14-20-34(3)4/h19,25,27,34,36,38-40H,11-18,20-24,26,28-32H2,1-10H3/b35-25+,37-27+. The van der Waals surface area contributed by atoms with Crippen LogP contribution in [0.15, 0.2) is 34.9 Å². The van der Waals surface area contributed by atoms with Gasteiger partial charge in [0.1, 0.15) is 0 Å². The van der Waals surface area contributed by atoms with Crippen molar-refractivity contribution in [2.45, 2.75) is 191 Å². The summed E-state index contributed by atoms with van der Waals surface area (Å²) in [6.45, 7) is 23.7. The Morgan fingerprint density at radius 2 is 0.800 bits per heavy atom. The van der Waals surface area contributed by atoms with Crippen molar-refractivity contribution in [1.82, 2.24) is 0 Å². The Bertz CT molecular complexity index is 656. The van der Waals surface area contributed by atoms with Gasteiger partial charge in [0.05, 0.1) is 0 Å². The van der Waals surface area contributed by atoms with Gasteiger partial charge in [0.25, 0.3) is 0 Å². The molecule has 0 aliphatic heterocycles. The highest BCUT2D eigenvalue weighted by Gasteiger charge is 2.08. The zero-order valence-corrected chi connectivity index (χ0v) is 29.6. The van der Waals surface area contributed by atoms with Crippen molar-refractivity contribution >= 4 is 0 Å². The van der Waals surface area contributed by atoms with E-state index in [1.807, 2.05) is 0 Å². The molecule has 0 N–H and O–H groups in total. The van der Waals surface area contributed by atoms with Gasteiger partial charge in [-0.05, 0) is 109 Å². The van der Waals surface area contributed by atoms with Crippen LogP contribution in [0.2, 0.25) is 0 Å². The molecule has 0 heteroatoms. The van der Waals surface area contributed by atoms with Gasteiger partial charge in [-0.2, -0.15) is 0 Å². The second-order valence-corrected chi connectivity index (χ2v) is 14.9. The van der Waals surface area contributed by atoms with E-state index in [-0.39, 0.29) is 0 Å². The molecule has 0 heterocycles. The average Bonchev–Trinajstić information content (AvgIpc) is 2.86. The summed E-state index contributed by atoms with van der Waals surface area (Å²) in [4.78, 5) is 0. The SMILES string of the molecule is CC(C)=CCC/C(C)=C/CCC(C)CC/C=C(\C)CCCCC(C)CCCC(C)CCCC(C)CCCC(C)C. The molecular formula is C40H76. The van der Waals surface area contributed by atoms with Gasteiger partial charge in [-0.1, -0.05) is 147 Å². The van der Waals surface area contributed by atoms with Gasteiger partial charge in [-0.15, -0.1) is 0 Å². The largest absolute Gasteiger partial charge is 0.0856 e. The zero-order valence-electron chi connectivity index (χ0n) is 29.6. The lowest BCUT2D eigenvalue weighted by Gasteiger charge is -2.16. The third-order valence-electron chi connectivity index (χ3n) is 9.18. The van der Waals surface area contributed by atoms with Crippen molar-refractivity contribution < 1.29 is 0 Å². The van der Waals surface area contributed by atoms with Crippen molar-refractivity contribution in [1.29, 1.82) is 0 Å². The van der Waals surface area contributed by atoms with Crippen LogP contribution in [0.4, 0.5) is 0 Å². The van der Waals surface area contributed by atoms with Crippen molar-refractivity contribution in [3.8, 4) is 0 Å². The molecule has 0 bridgehead atoms. The van der Waals surface area contributed by atoms with Gasteiger partial charge in [0.2, 0.25) is 0 Å². The van der Waals surface area contributed by atoms with Crippen LogP contribution in [0.1, 0.15) is 191 Å². The zero-order chi connectivity index (χ0) is 30.2. The Morgan fingerprint density at radius 3 is 1.25 bits per heavy atom. The first kappa shape index (κ1) is 39.2. The van der Waals surface area contributed by atoms with E-state index in [4.69, 9.17) is 0 Å². The smallest absolute Gasteiger partial charge is 0.0288 e. The molecule has 0 rings (SSSR count). The Hall–Kier alpha value is -0.780. The Labute approximate surface area is 255 Å². The lowest BCUT2D eigenvalue weighted by atomic mass is 9.90. The van der Waals surface area contributed by atoms with Gasteiger partial charge < -0.3 is 0 Å². The molecule has 0 aromatic heterocycles. The molecule has 4 unspecified atom stereocenters. The summed E-state index contributed by atoms with van der Waals surface area (Å²) in [6.07, 6.45) is 33.4. The van der Waals surface area contributed by atoms with Crippen LogP contribution >= 0.6 is 0 Å². The van der Waals surface area contributed by atoms with Crippen molar-refractivity contribution in [3.63, 3.8) is 0 Å². The fourth-order valence-corrected chi connectivity index (χ4v) is 6.00. The molecule has 4 atom stereocenters. The minimum atomic E-state index is 0.831. The summed E-state index contributed by atoms with van der Waals surface area (Å²) in [5, 5.41) is 0. The lowest BCUT2D eigenvalue weighted by molar-refractivity contribution is 0.371. The minimum absolute atomic E-state index is 0.831. The highest BCUT2D eigenvalue weighted by molar-refractivity contribution is 5.02. The first-order chi connectivity index (χ1) is 19.0. The van der Waals surface area contributed by atoms with E-state index in [0.29, 0.717) is 0 Å². The number of unbranched alkanes of at least 4 members (excludes halogenated alkanes) is 1. The highest BCUT2D eigenvalue weighted by atomic mass is 14.1. The molecule has 0 radical (unpaired) electrons. The Balaban J connectivity index is 3.79. The van der Waals surface area contributed by atoms with Crippen LogP contribution in [0.5, 0.6) is 0 Å². The molecule has 0 spiro atoms. The maximum Gasteiger partial charge on any atom is -0.0288 e. The monoisotopic (exact) mass is 557 g/mol. The maximum atomic E-state index is 2.54. The van der Waals surface area contributed by atoms with E-state index in [1.54, 1.807) is 11.1 Å². The summed E-state index contributed by atoms with van der Waals surface area (Å²) in [6, 6.07) is 0. The quantitative estimate of drug-likeness (QED) is 0.0734. The summed E-state index contributed by atoms with van der Waals surface area (Å²) in [5.41, 5.74) is 4.62. The van der Waals surface area contributed by atoms with Gasteiger partial charge in [-0.25, -0.2) is 0 Å². The molecule has 0 saturated heterocycles. The number of hydrogen-bond donors (Lipinski definition) is 0. The van der Waals surface area contributed by atoms with Crippen LogP contribution < -0.4 is 0 Å². The second kappa shape index (κ2) is 25.9. The van der Waals surface area contributed by atoms with Crippen molar-refractivity contribution in [3.05, 3.63) is 34.9 Å². The maximum absolute atomic E-state index is 2.54. The van der Waals surface area contributed by atoms with Gasteiger partial charge in [-0.3, -0.25) is 0 Å². The van der Waals surface area contributed by atoms with E-state index in [1.165, 1.54) is 128 Å². The predicted molar refractivity (Wildman–Crippen MR) is 186 cm³/mol. The van der Waals surface area contributed by atoms with E-state index < -0.39 is 0 Å². The molecule has 0 amide bonds. The van der Waals surface area contributed by atoms with Gasteiger partial charge in [0, 0.05) is 0 Å². The van der Waals surface area contributed by atoms with Crippen LogP contribution in [0.25, 0.3) is 0 Å². The van der Waals surface area contributed by atoms with Crippen molar-refractivity contribution in [2.75, 3.05) is 0 Å². The lowest BCUT2D eigenvalue weighted by Crippen LogP contribution is -2.01. The van der Waals surface area contributed by atoms with Crippen molar-refractivity contribution in [2.24, 2.45) is 29.6 Å². The van der Waals surface area contributed by atoms with E-state index in [9.17, 15) is 0 Å². The Kier molecular flexibility index (Phi) is 25.4. The molecule has 236 valence electrons. The summed E-state index contributed by atoms with van der Waals surface area (Å²) in [5.74, 6) is 4.46. The van der Waals surface area contributed by atoms with Crippen LogP contribution in [-0.4, -0.2) is 0 Å². The molecule has 0 fully saturated rings. The number of rotatable bonds is 26. The molecule has 0 aromatic carbocycles. The molecule has 0 saturated carbocycles. The molecule has 0 aliphatic rings. The first-order valence-electron chi connectivity index (χ1n) is 17.9. The summed E-state index contributed by atoms with van der Waals surface area (Å²) >= 11 is 0. The third-order valence-corrected chi connectivity index (χ3v) is 9.18. The number of hydrogen-bond acceptors (Lipinski definition) is 0. The molecule has 40 heavy (non-hydrogen) atoms. The fourth-order valence-electron chi connectivity index (χ4n) is 6.00.